The van der Waals surface area contributed by atoms with Crippen molar-refractivity contribution >= 4 is 27.3 Å². The Balaban J connectivity index is 1.77. The molecular weight excluding hydrogens is 415 g/mol. The van der Waals surface area contributed by atoms with E-state index in [-0.39, 0.29) is 18.3 Å². The maximum absolute atomic E-state index is 13.4. The molecule has 0 saturated carbocycles. The van der Waals surface area contributed by atoms with E-state index in [1.54, 1.807) is 37.3 Å². The summed E-state index contributed by atoms with van der Waals surface area (Å²) in [4.78, 5) is 12.4. The normalized spacial score (nSPS) is 11.3. The molecule has 3 aromatic rings. The maximum Gasteiger partial charge on any atom is 0.255 e. The number of halogens is 1. The number of amides is 1. The number of carbonyl (C=O) groups excluding carboxylic acids is 1. The van der Waals surface area contributed by atoms with Crippen molar-refractivity contribution in [2.24, 2.45) is 0 Å². The first kappa shape index (κ1) is 22.5. The predicted octanol–water partition coefficient (Wildman–Crippen LogP) is 4.97. The average Bonchev–Trinajstić information content (AvgIpc) is 2.70. The van der Waals surface area contributed by atoms with Gasteiger partial charge in [0.25, 0.3) is 5.91 Å². The lowest BCUT2D eigenvalue weighted by Crippen LogP contribution is -2.29. The van der Waals surface area contributed by atoms with Crippen molar-refractivity contribution in [1.29, 1.82) is 0 Å². The van der Waals surface area contributed by atoms with Crippen molar-refractivity contribution in [3.05, 3.63) is 94.3 Å². The molecule has 3 rings (SSSR count). The van der Waals surface area contributed by atoms with Gasteiger partial charge in [0, 0.05) is 11.3 Å². The molecule has 0 aliphatic heterocycles. The zero-order chi connectivity index (χ0) is 22.8. The molecular formula is C24H25FN2O3S. The van der Waals surface area contributed by atoms with Gasteiger partial charge >= 0.3 is 0 Å². The SMILES string of the molecule is Cc1ccc(N(Cc2ccc(NC(=O)c3ccc(F)c(C)c3)cc2)S(C)(=O)=O)cc1C. The van der Waals surface area contributed by atoms with Crippen molar-refractivity contribution in [1.82, 2.24) is 0 Å². The summed E-state index contributed by atoms with van der Waals surface area (Å²) in [6.07, 6.45) is 1.18. The summed E-state index contributed by atoms with van der Waals surface area (Å²) in [7, 11) is -3.49. The van der Waals surface area contributed by atoms with Crippen LogP contribution in [0, 0.1) is 26.6 Å². The van der Waals surface area contributed by atoms with Crippen LogP contribution in [0.2, 0.25) is 0 Å². The number of sulfonamides is 1. The quantitative estimate of drug-likeness (QED) is 0.589. The van der Waals surface area contributed by atoms with Crippen molar-refractivity contribution in [3.8, 4) is 0 Å². The molecule has 0 radical (unpaired) electrons. The Morgan fingerprint density at radius 2 is 1.58 bits per heavy atom. The van der Waals surface area contributed by atoms with Gasteiger partial charge < -0.3 is 5.32 Å². The van der Waals surface area contributed by atoms with Crippen molar-refractivity contribution < 1.29 is 17.6 Å². The Labute approximate surface area is 182 Å². The third kappa shape index (κ3) is 5.49. The molecule has 162 valence electrons. The van der Waals surface area contributed by atoms with Gasteiger partial charge in [-0.2, -0.15) is 0 Å². The Morgan fingerprint density at radius 3 is 2.16 bits per heavy atom. The fourth-order valence-corrected chi connectivity index (χ4v) is 4.01. The number of benzene rings is 3. The second-order valence-corrected chi connectivity index (χ2v) is 9.56. The Kier molecular flexibility index (Phi) is 6.45. The van der Waals surface area contributed by atoms with Gasteiger partial charge in [-0.3, -0.25) is 9.10 Å². The fourth-order valence-electron chi connectivity index (χ4n) is 3.13. The van der Waals surface area contributed by atoms with E-state index in [2.05, 4.69) is 5.32 Å². The Hall–Kier alpha value is -3.19. The first-order valence-electron chi connectivity index (χ1n) is 9.76. The summed E-state index contributed by atoms with van der Waals surface area (Å²) in [6.45, 7) is 5.69. The molecule has 0 aliphatic carbocycles. The summed E-state index contributed by atoms with van der Waals surface area (Å²) in [6, 6.07) is 16.7. The lowest BCUT2D eigenvalue weighted by atomic mass is 10.1. The van der Waals surface area contributed by atoms with E-state index in [1.165, 1.54) is 28.8 Å². The van der Waals surface area contributed by atoms with Crippen LogP contribution in [0.15, 0.2) is 60.7 Å². The van der Waals surface area contributed by atoms with Crippen LogP contribution in [-0.4, -0.2) is 20.6 Å². The number of rotatable bonds is 6. The van der Waals surface area contributed by atoms with E-state index < -0.39 is 10.0 Å². The monoisotopic (exact) mass is 440 g/mol. The Bertz CT molecular complexity index is 1220. The molecule has 0 aromatic heterocycles. The zero-order valence-electron chi connectivity index (χ0n) is 17.9. The maximum atomic E-state index is 13.4. The summed E-state index contributed by atoms with van der Waals surface area (Å²) >= 11 is 0. The second kappa shape index (κ2) is 8.89. The summed E-state index contributed by atoms with van der Waals surface area (Å²) in [5.41, 5.74) is 4.81. The van der Waals surface area contributed by atoms with Gasteiger partial charge in [0.15, 0.2) is 0 Å². The van der Waals surface area contributed by atoms with Gasteiger partial charge in [-0.05, 0) is 85.5 Å². The first-order chi connectivity index (χ1) is 14.5. The van der Waals surface area contributed by atoms with Crippen molar-refractivity contribution in [3.63, 3.8) is 0 Å². The number of aryl methyl sites for hydroxylation is 3. The van der Waals surface area contributed by atoms with E-state index in [0.29, 0.717) is 22.5 Å². The highest BCUT2D eigenvalue weighted by molar-refractivity contribution is 7.92. The van der Waals surface area contributed by atoms with Crippen molar-refractivity contribution in [2.45, 2.75) is 27.3 Å². The van der Waals surface area contributed by atoms with E-state index in [1.807, 2.05) is 26.0 Å². The van der Waals surface area contributed by atoms with Crippen LogP contribution in [0.3, 0.4) is 0 Å². The molecule has 0 aliphatic rings. The zero-order valence-corrected chi connectivity index (χ0v) is 18.8. The second-order valence-electron chi connectivity index (χ2n) is 7.65. The first-order valence-corrected chi connectivity index (χ1v) is 11.6. The van der Waals surface area contributed by atoms with E-state index in [9.17, 15) is 17.6 Å². The fraction of sp³-hybridized carbons (Fsp3) is 0.208. The van der Waals surface area contributed by atoms with Crippen LogP contribution < -0.4 is 9.62 Å². The molecule has 0 fully saturated rings. The Morgan fingerprint density at radius 1 is 0.903 bits per heavy atom. The van der Waals surface area contributed by atoms with E-state index >= 15 is 0 Å². The molecule has 5 nitrogen and oxygen atoms in total. The van der Waals surface area contributed by atoms with Gasteiger partial charge in [0.1, 0.15) is 5.82 Å². The third-order valence-electron chi connectivity index (χ3n) is 5.14. The smallest absolute Gasteiger partial charge is 0.255 e. The van der Waals surface area contributed by atoms with Gasteiger partial charge in [-0.1, -0.05) is 18.2 Å². The molecule has 0 spiro atoms. The van der Waals surface area contributed by atoms with Crippen LogP contribution in [-0.2, 0) is 16.6 Å². The van der Waals surface area contributed by atoms with E-state index in [0.717, 1.165) is 16.7 Å². The summed E-state index contributed by atoms with van der Waals surface area (Å²) < 4.78 is 39.6. The van der Waals surface area contributed by atoms with Crippen LogP contribution in [0.25, 0.3) is 0 Å². The molecule has 0 atom stereocenters. The molecule has 7 heteroatoms. The van der Waals surface area contributed by atoms with Gasteiger partial charge in [-0.15, -0.1) is 0 Å². The number of carbonyl (C=O) groups is 1. The predicted molar refractivity (Wildman–Crippen MR) is 122 cm³/mol. The van der Waals surface area contributed by atoms with E-state index in [4.69, 9.17) is 0 Å². The van der Waals surface area contributed by atoms with Gasteiger partial charge in [-0.25, -0.2) is 12.8 Å². The molecule has 3 aromatic carbocycles. The highest BCUT2D eigenvalue weighted by Gasteiger charge is 2.18. The minimum Gasteiger partial charge on any atom is -0.322 e. The van der Waals surface area contributed by atoms with Crippen LogP contribution >= 0.6 is 0 Å². The van der Waals surface area contributed by atoms with Gasteiger partial charge in [0.2, 0.25) is 10.0 Å². The number of nitrogens with one attached hydrogen (secondary N) is 1. The minimum absolute atomic E-state index is 0.173. The highest BCUT2D eigenvalue weighted by atomic mass is 32.2. The lowest BCUT2D eigenvalue weighted by Gasteiger charge is -2.23. The summed E-state index contributed by atoms with van der Waals surface area (Å²) in [5, 5.41) is 2.77. The van der Waals surface area contributed by atoms with Gasteiger partial charge in [0.05, 0.1) is 18.5 Å². The number of nitrogens with zero attached hydrogens (tertiary/aromatic N) is 1. The molecule has 0 saturated heterocycles. The lowest BCUT2D eigenvalue weighted by molar-refractivity contribution is 0.102. The van der Waals surface area contributed by atoms with Crippen LogP contribution in [0.1, 0.15) is 32.6 Å². The standard InChI is InChI=1S/C24H25FN2O3S/c1-16-5-11-22(14-17(16)2)27(31(4,29)30)15-19-6-9-21(10-7-19)26-24(28)20-8-12-23(25)18(3)13-20/h5-14H,15H2,1-4H3,(H,26,28). The molecule has 0 bridgehead atoms. The largest absolute Gasteiger partial charge is 0.322 e. The summed E-state index contributed by atoms with van der Waals surface area (Å²) in [5.74, 6) is -0.705. The topological polar surface area (TPSA) is 66.5 Å². The number of anilines is 2. The molecule has 0 unspecified atom stereocenters. The minimum atomic E-state index is -3.49. The average molecular weight is 441 g/mol. The highest BCUT2D eigenvalue weighted by Crippen LogP contribution is 2.24. The molecule has 31 heavy (non-hydrogen) atoms. The van der Waals surface area contributed by atoms with Crippen LogP contribution in [0.5, 0.6) is 0 Å². The van der Waals surface area contributed by atoms with Crippen LogP contribution in [0.4, 0.5) is 15.8 Å². The molecule has 0 heterocycles. The number of hydrogen-bond acceptors (Lipinski definition) is 3. The molecule has 1 amide bonds. The van der Waals surface area contributed by atoms with Crippen molar-refractivity contribution in [2.75, 3.05) is 15.9 Å². The molecule has 1 N–H and O–H groups in total. The number of hydrogen-bond donors (Lipinski definition) is 1. The third-order valence-corrected chi connectivity index (χ3v) is 6.28.